The lowest BCUT2D eigenvalue weighted by atomic mass is 10.1. The van der Waals surface area contributed by atoms with E-state index in [1.807, 2.05) is 4.68 Å². The van der Waals surface area contributed by atoms with E-state index in [0.29, 0.717) is 0 Å². The lowest BCUT2D eigenvalue weighted by molar-refractivity contribution is 0.386. The third-order valence-electron chi connectivity index (χ3n) is 3.20. The molecule has 0 radical (unpaired) electrons. The van der Waals surface area contributed by atoms with Crippen molar-refractivity contribution >= 4 is 0 Å². The molecule has 16 heavy (non-hydrogen) atoms. The molecule has 1 aromatic heterocycles. The van der Waals surface area contributed by atoms with Crippen LogP contribution < -0.4 is 5.32 Å². The zero-order chi connectivity index (χ0) is 11.4. The van der Waals surface area contributed by atoms with Gasteiger partial charge in [0.05, 0.1) is 6.54 Å². The Kier molecular flexibility index (Phi) is 3.90. The molecule has 0 bridgehead atoms. The van der Waals surface area contributed by atoms with Crippen molar-refractivity contribution in [2.24, 2.45) is 5.92 Å². The molecule has 1 saturated heterocycles. The molecule has 1 aliphatic heterocycles. The minimum absolute atomic E-state index is 0.794. The van der Waals surface area contributed by atoms with Crippen LogP contribution in [0.5, 0.6) is 0 Å². The van der Waals surface area contributed by atoms with Gasteiger partial charge in [-0.05, 0) is 39.4 Å². The second-order valence-corrected chi connectivity index (χ2v) is 4.54. The van der Waals surface area contributed by atoms with Crippen molar-refractivity contribution in [1.29, 1.82) is 0 Å². The van der Waals surface area contributed by atoms with Gasteiger partial charge in [-0.2, -0.15) is 5.10 Å². The van der Waals surface area contributed by atoms with E-state index in [9.17, 15) is 0 Å². The molecule has 0 aromatic carbocycles. The Morgan fingerprint density at radius 2 is 2.44 bits per heavy atom. The highest BCUT2D eigenvalue weighted by Crippen LogP contribution is 2.12. The molecule has 1 aliphatic rings. The largest absolute Gasteiger partial charge is 0.310 e. The van der Waals surface area contributed by atoms with E-state index in [-0.39, 0.29) is 0 Å². The summed E-state index contributed by atoms with van der Waals surface area (Å²) in [5.74, 6) is 1.83. The van der Waals surface area contributed by atoms with Gasteiger partial charge in [-0.3, -0.25) is 0 Å². The molecule has 5 heteroatoms. The number of aryl methyl sites for hydroxylation is 1. The monoisotopic (exact) mass is 223 g/mol. The van der Waals surface area contributed by atoms with Crippen molar-refractivity contribution in [3.05, 3.63) is 12.2 Å². The average Bonchev–Trinajstić information content (AvgIpc) is 2.87. The first-order valence-corrected chi connectivity index (χ1v) is 6.05. The summed E-state index contributed by atoms with van der Waals surface area (Å²) in [6, 6.07) is 0. The fourth-order valence-electron chi connectivity index (χ4n) is 2.27. The third-order valence-corrected chi connectivity index (χ3v) is 3.20. The summed E-state index contributed by atoms with van der Waals surface area (Å²) in [5.41, 5.74) is 0. The van der Waals surface area contributed by atoms with Crippen LogP contribution in [0.2, 0.25) is 0 Å². The molecule has 5 nitrogen and oxygen atoms in total. The zero-order valence-electron chi connectivity index (χ0n) is 10.2. The zero-order valence-corrected chi connectivity index (χ0v) is 10.2. The second kappa shape index (κ2) is 5.41. The molecular formula is C11H21N5. The Morgan fingerprint density at radius 1 is 1.56 bits per heavy atom. The summed E-state index contributed by atoms with van der Waals surface area (Å²) < 4.78 is 1.94. The van der Waals surface area contributed by atoms with Gasteiger partial charge in [0, 0.05) is 13.1 Å². The Bertz CT molecular complexity index is 322. The molecule has 1 aromatic rings. The number of rotatable bonds is 5. The van der Waals surface area contributed by atoms with Crippen molar-refractivity contribution in [3.63, 3.8) is 0 Å². The van der Waals surface area contributed by atoms with E-state index >= 15 is 0 Å². The van der Waals surface area contributed by atoms with Gasteiger partial charge in [0.1, 0.15) is 12.2 Å². The summed E-state index contributed by atoms with van der Waals surface area (Å²) in [6.45, 7) is 7.34. The molecule has 1 N–H and O–H groups in total. The molecule has 1 unspecified atom stereocenters. The van der Waals surface area contributed by atoms with Crippen molar-refractivity contribution in [1.82, 2.24) is 25.0 Å². The predicted octanol–water partition coefficient (Wildman–Crippen LogP) is 0.339. The molecule has 90 valence electrons. The van der Waals surface area contributed by atoms with Gasteiger partial charge in [-0.15, -0.1) is 0 Å². The van der Waals surface area contributed by atoms with E-state index in [2.05, 4.69) is 34.3 Å². The lowest BCUT2D eigenvalue weighted by Gasteiger charge is -2.11. The smallest absolute Gasteiger partial charge is 0.140 e. The average molecular weight is 223 g/mol. The van der Waals surface area contributed by atoms with Gasteiger partial charge in [0.15, 0.2) is 0 Å². The van der Waals surface area contributed by atoms with E-state index in [1.54, 1.807) is 6.33 Å². The van der Waals surface area contributed by atoms with Gasteiger partial charge in [-0.25, -0.2) is 9.67 Å². The lowest BCUT2D eigenvalue weighted by Crippen LogP contribution is -2.26. The molecule has 2 heterocycles. The summed E-state index contributed by atoms with van der Waals surface area (Å²) in [4.78, 5) is 6.63. The normalized spacial score (nSPS) is 21.8. The molecule has 1 fully saturated rings. The predicted molar refractivity (Wildman–Crippen MR) is 63.0 cm³/mol. The first-order chi connectivity index (χ1) is 7.79. The van der Waals surface area contributed by atoms with Crippen molar-refractivity contribution in [2.45, 2.75) is 26.4 Å². The van der Waals surface area contributed by atoms with Crippen LogP contribution in [0, 0.1) is 5.92 Å². The van der Waals surface area contributed by atoms with Crippen LogP contribution in [0.15, 0.2) is 6.33 Å². The van der Waals surface area contributed by atoms with Gasteiger partial charge in [0.25, 0.3) is 0 Å². The maximum Gasteiger partial charge on any atom is 0.140 e. The maximum absolute atomic E-state index is 4.25. The third kappa shape index (κ3) is 2.80. The highest BCUT2D eigenvalue weighted by Gasteiger charge is 2.18. The minimum Gasteiger partial charge on any atom is -0.310 e. The van der Waals surface area contributed by atoms with Crippen LogP contribution in [-0.2, 0) is 13.1 Å². The Hall–Kier alpha value is -0.940. The van der Waals surface area contributed by atoms with Crippen LogP contribution in [-0.4, -0.2) is 46.3 Å². The number of hydrogen-bond donors (Lipinski definition) is 1. The van der Waals surface area contributed by atoms with Crippen molar-refractivity contribution in [2.75, 3.05) is 26.7 Å². The molecule has 2 rings (SSSR count). The summed E-state index contributed by atoms with van der Waals surface area (Å²) in [7, 11) is 2.19. The van der Waals surface area contributed by atoms with E-state index in [1.165, 1.54) is 19.5 Å². The van der Waals surface area contributed by atoms with Crippen LogP contribution in [0.4, 0.5) is 0 Å². The molecule has 1 atom stereocenters. The van der Waals surface area contributed by atoms with Crippen LogP contribution in [0.3, 0.4) is 0 Å². The van der Waals surface area contributed by atoms with Gasteiger partial charge in [0.2, 0.25) is 0 Å². The Labute approximate surface area is 96.8 Å². The minimum atomic E-state index is 0.794. The number of nitrogens with zero attached hydrogens (tertiary/aromatic N) is 4. The Balaban J connectivity index is 1.72. The van der Waals surface area contributed by atoms with Crippen LogP contribution >= 0.6 is 0 Å². The molecule has 0 amide bonds. The van der Waals surface area contributed by atoms with E-state index < -0.39 is 0 Å². The second-order valence-electron chi connectivity index (χ2n) is 4.54. The van der Waals surface area contributed by atoms with Crippen molar-refractivity contribution in [3.8, 4) is 0 Å². The van der Waals surface area contributed by atoms with Gasteiger partial charge >= 0.3 is 0 Å². The standard InChI is InChI=1S/C11H21N5/c1-3-16-11(13-9-14-16)7-12-6-10-4-5-15(2)8-10/h9-10,12H,3-8H2,1-2H3. The highest BCUT2D eigenvalue weighted by atomic mass is 15.3. The fraction of sp³-hybridized carbons (Fsp3) is 0.818. The summed E-state index contributed by atoms with van der Waals surface area (Å²) in [5, 5.41) is 7.63. The SMILES string of the molecule is CCn1ncnc1CNCC1CCN(C)C1. The molecule has 0 spiro atoms. The number of hydrogen-bond acceptors (Lipinski definition) is 4. The van der Waals surface area contributed by atoms with E-state index in [0.717, 1.165) is 31.4 Å². The topological polar surface area (TPSA) is 46.0 Å². The van der Waals surface area contributed by atoms with Gasteiger partial charge < -0.3 is 10.2 Å². The van der Waals surface area contributed by atoms with Crippen LogP contribution in [0.1, 0.15) is 19.2 Å². The molecule has 0 saturated carbocycles. The quantitative estimate of drug-likeness (QED) is 0.782. The van der Waals surface area contributed by atoms with Crippen LogP contribution in [0.25, 0.3) is 0 Å². The first-order valence-electron chi connectivity index (χ1n) is 6.05. The first kappa shape index (κ1) is 11.5. The molecular weight excluding hydrogens is 202 g/mol. The van der Waals surface area contributed by atoms with Crippen molar-refractivity contribution < 1.29 is 0 Å². The number of nitrogens with one attached hydrogen (secondary N) is 1. The Morgan fingerprint density at radius 3 is 3.12 bits per heavy atom. The fourth-order valence-corrected chi connectivity index (χ4v) is 2.27. The summed E-state index contributed by atoms with van der Waals surface area (Å²) in [6.07, 6.45) is 2.94. The number of likely N-dealkylation sites (tertiary alicyclic amines) is 1. The molecule has 0 aliphatic carbocycles. The van der Waals surface area contributed by atoms with Gasteiger partial charge in [-0.1, -0.05) is 0 Å². The maximum atomic E-state index is 4.25. The van der Waals surface area contributed by atoms with E-state index in [4.69, 9.17) is 0 Å². The summed E-state index contributed by atoms with van der Waals surface area (Å²) >= 11 is 0. The highest BCUT2D eigenvalue weighted by molar-refractivity contribution is 4.84. The number of aromatic nitrogens is 3.